The van der Waals surface area contributed by atoms with Gasteiger partial charge < -0.3 is 28.7 Å². The highest BCUT2D eigenvalue weighted by Crippen LogP contribution is 2.54. The first-order valence-electron chi connectivity index (χ1n) is 14.5. The number of ketones is 1. The van der Waals surface area contributed by atoms with Crippen molar-refractivity contribution in [3.63, 3.8) is 0 Å². The van der Waals surface area contributed by atoms with E-state index >= 15 is 0 Å². The van der Waals surface area contributed by atoms with Crippen molar-refractivity contribution < 1.29 is 52.5 Å². The van der Waals surface area contributed by atoms with E-state index in [1.807, 2.05) is 4.90 Å². The molecular formula is C33H35N3O11. The molecule has 14 nitrogen and oxygen atoms in total. The molecule has 4 rings (SSSR count). The summed E-state index contributed by atoms with van der Waals surface area (Å²) in [5.41, 5.74) is 1.28. The second kappa shape index (κ2) is 13.1. The van der Waals surface area contributed by atoms with Crippen LogP contribution in [0.15, 0.2) is 17.7 Å². The molecule has 1 N–H and O–H groups in total. The van der Waals surface area contributed by atoms with Gasteiger partial charge in [0.2, 0.25) is 5.91 Å². The lowest BCUT2D eigenvalue weighted by Crippen LogP contribution is -2.35. The van der Waals surface area contributed by atoms with E-state index in [9.17, 15) is 33.6 Å². The number of allylic oxidation sites excluding steroid dienone is 1. The molecule has 2 amide bonds. The second-order valence-electron chi connectivity index (χ2n) is 11.5. The van der Waals surface area contributed by atoms with Crippen LogP contribution < -0.4 is 29.3 Å². The highest BCUT2D eigenvalue weighted by Gasteiger charge is 2.46. The average Bonchev–Trinajstić information content (AvgIpc) is 2.90. The van der Waals surface area contributed by atoms with E-state index in [2.05, 4.69) is 5.32 Å². The summed E-state index contributed by atoms with van der Waals surface area (Å²) in [6.07, 6.45) is 0.282. The fourth-order valence-corrected chi connectivity index (χ4v) is 6.06. The summed E-state index contributed by atoms with van der Waals surface area (Å²) in [6, 6.07) is 3.23. The smallest absolute Gasteiger partial charge is 0.308 e. The van der Waals surface area contributed by atoms with E-state index in [-0.39, 0.29) is 52.5 Å². The molecule has 0 aromatic heterocycles. The zero-order valence-corrected chi connectivity index (χ0v) is 27.5. The minimum atomic E-state index is -1.08. The van der Waals surface area contributed by atoms with Crippen LogP contribution >= 0.6 is 0 Å². The normalized spacial score (nSPS) is 14.6. The van der Waals surface area contributed by atoms with Crippen molar-refractivity contribution in [2.24, 2.45) is 5.92 Å². The number of carbonyl (C=O) groups is 7. The topological polar surface area (TPSA) is 175 Å². The largest absolute Gasteiger partial charge is 0.426 e. The van der Waals surface area contributed by atoms with Gasteiger partial charge in [-0.05, 0) is 42.0 Å². The Hall–Kier alpha value is -5.53. The number of fused-ring (bicyclic) bond motifs is 3. The quantitative estimate of drug-likeness (QED) is 0.343. The molecule has 248 valence electrons. The standard InChI is InChI=1S/C33H35N3O11/c1-14(37)34-33(43)27-31(46-17(4)40)26-21(28(36(8)9)32(27)47-18(5)41)13-19-12-20-22(35(6)7)10-11-23(44-15(2)38)25(20)29(42)24(19)30(26)45-16(3)39/h10-11,19H,12-13H2,1-9H3,(H,34,37,43)/t19-/m0/s1. The van der Waals surface area contributed by atoms with Crippen LogP contribution in [0, 0.1) is 5.92 Å². The van der Waals surface area contributed by atoms with Crippen molar-refractivity contribution in [1.82, 2.24) is 5.32 Å². The molecule has 0 saturated heterocycles. The maximum absolute atomic E-state index is 14.6. The van der Waals surface area contributed by atoms with Crippen LogP contribution in [0.3, 0.4) is 0 Å². The van der Waals surface area contributed by atoms with Gasteiger partial charge >= 0.3 is 23.9 Å². The SMILES string of the molecule is CC(=O)NC(=O)c1c(OC(C)=O)c2c(c(N(C)C)c1OC(C)=O)C[C@@H]1Cc3c(N(C)C)ccc(OC(C)=O)c3C(=O)C1=C2OC(C)=O. The molecule has 2 aromatic carbocycles. The van der Waals surface area contributed by atoms with Crippen LogP contribution in [-0.4, -0.2) is 69.7 Å². The highest BCUT2D eigenvalue weighted by atomic mass is 16.6. The number of esters is 4. The van der Waals surface area contributed by atoms with Gasteiger partial charge in [-0.25, -0.2) is 0 Å². The van der Waals surface area contributed by atoms with Crippen molar-refractivity contribution in [2.45, 2.75) is 47.5 Å². The van der Waals surface area contributed by atoms with Crippen LogP contribution in [0.25, 0.3) is 5.76 Å². The first-order chi connectivity index (χ1) is 21.9. The number of Topliss-reactive ketones (excluding diaryl/α,β-unsaturated/α-hetero) is 1. The molecular weight excluding hydrogens is 614 g/mol. The zero-order valence-electron chi connectivity index (χ0n) is 27.5. The molecule has 0 saturated carbocycles. The first-order valence-corrected chi connectivity index (χ1v) is 14.5. The van der Waals surface area contributed by atoms with E-state index in [4.69, 9.17) is 18.9 Å². The number of ether oxygens (including phenoxy) is 4. The van der Waals surface area contributed by atoms with E-state index in [1.54, 1.807) is 39.2 Å². The third kappa shape index (κ3) is 6.57. The molecule has 0 unspecified atom stereocenters. The number of benzene rings is 2. The average molecular weight is 650 g/mol. The van der Waals surface area contributed by atoms with Crippen molar-refractivity contribution in [3.05, 3.63) is 45.5 Å². The molecule has 0 fully saturated rings. The Bertz CT molecular complexity index is 1800. The van der Waals surface area contributed by atoms with Gasteiger partial charge in [-0.1, -0.05) is 0 Å². The van der Waals surface area contributed by atoms with Crippen LogP contribution in [0.5, 0.6) is 17.2 Å². The van der Waals surface area contributed by atoms with Gasteiger partial charge in [0.25, 0.3) is 5.91 Å². The van der Waals surface area contributed by atoms with Crippen LogP contribution in [-0.2, 0) is 41.6 Å². The summed E-state index contributed by atoms with van der Waals surface area (Å²) in [5.74, 6) is -7.42. The molecule has 0 radical (unpaired) electrons. The number of carbonyl (C=O) groups excluding carboxylic acids is 7. The van der Waals surface area contributed by atoms with Crippen molar-refractivity contribution in [3.8, 4) is 17.2 Å². The van der Waals surface area contributed by atoms with Crippen LogP contribution in [0.1, 0.15) is 72.0 Å². The maximum Gasteiger partial charge on any atom is 0.308 e. The molecule has 0 aliphatic heterocycles. The Labute approximate surface area is 270 Å². The lowest BCUT2D eigenvalue weighted by atomic mass is 9.70. The molecule has 0 heterocycles. The fraction of sp³-hybridized carbons (Fsp3) is 0.364. The Kier molecular flexibility index (Phi) is 9.55. The second-order valence-corrected chi connectivity index (χ2v) is 11.5. The lowest BCUT2D eigenvalue weighted by molar-refractivity contribution is -0.134. The third-order valence-corrected chi connectivity index (χ3v) is 7.42. The third-order valence-electron chi connectivity index (χ3n) is 7.42. The number of anilines is 2. The van der Waals surface area contributed by atoms with Crippen molar-refractivity contribution in [1.29, 1.82) is 0 Å². The predicted molar refractivity (Wildman–Crippen MR) is 168 cm³/mol. The fourth-order valence-electron chi connectivity index (χ4n) is 6.06. The molecule has 1 atom stereocenters. The van der Waals surface area contributed by atoms with E-state index in [0.29, 0.717) is 16.8 Å². The Morgan fingerprint density at radius 3 is 1.77 bits per heavy atom. The summed E-state index contributed by atoms with van der Waals surface area (Å²) in [4.78, 5) is 93.3. The van der Waals surface area contributed by atoms with E-state index in [1.165, 1.54) is 13.0 Å². The van der Waals surface area contributed by atoms with Gasteiger partial charge in [-0.3, -0.25) is 38.9 Å². The monoisotopic (exact) mass is 649 g/mol. The Morgan fingerprint density at radius 2 is 1.26 bits per heavy atom. The van der Waals surface area contributed by atoms with Crippen LogP contribution in [0.4, 0.5) is 11.4 Å². The number of hydrogen-bond acceptors (Lipinski definition) is 13. The molecule has 0 spiro atoms. The summed E-state index contributed by atoms with van der Waals surface area (Å²) in [7, 11) is 6.82. The van der Waals surface area contributed by atoms with Crippen LogP contribution in [0.2, 0.25) is 0 Å². The predicted octanol–water partition coefficient (Wildman–Crippen LogP) is 2.76. The number of nitrogens with one attached hydrogen (secondary N) is 1. The molecule has 2 aliphatic rings. The lowest BCUT2D eigenvalue weighted by Gasteiger charge is -2.37. The summed E-state index contributed by atoms with van der Waals surface area (Å²) >= 11 is 0. The molecule has 2 aromatic rings. The van der Waals surface area contributed by atoms with Gasteiger partial charge in [0, 0.05) is 74.1 Å². The number of imide groups is 1. The number of nitrogens with zero attached hydrogens (tertiary/aromatic N) is 2. The molecule has 0 bridgehead atoms. The number of hydrogen-bond donors (Lipinski definition) is 1. The van der Waals surface area contributed by atoms with Gasteiger partial charge in [0.1, 0.15) is 17.1 Å². The summed E-state index contributed by atoms with van der Waals surface area (Å²) < 4.78 is 22.3. The van der Waals surface area contributed by atoms with Gasteiger partial charge in [0.05, 0.1) is 16.8 Å². The van der Waals surface area contributed by atoms with Gasteiger partial charge in [0.15, 0.2) is 17.3 Å². The van der Waals surface area contributed by atoms with E-state index < -0.39 is 58.7 Å². The van der Waals surface area contributed by atoms with Crippen molar-refractivity contribution >= 4 is 58.6 Å². The van der Waals surface area contributed by atoms with Gasteiger partial charge in [-0.15, -0.1) is 0 Å². The molecule has 47 heavy (non-hydrogen) atoms. The van der Waals surface area contributed by atoms with Crippen molar-refractivity contribution in [2.75, 3.05) is 38.0 Å². The maximum atomic E-state index is 14.6. The minimum absolute atomic E-state index is 0.00273. The number of amides is 2. The highest BCUT2D eigenvalue weighted by molar-refractivity contribution is 6.19. The van der Waals surface area contributed by atoms with E-state index in [0.717, 1.165) is 27.7 Å². The first kappa shape index (κ1) is 34.3. The molecule has 2 aliphatic carbocycles. The Morgan fingerprint density at radius 1 is 0.702 bits per heavy atom. The number of rotatable bonds is 7. The Balaban J connectivity index is 2.24. The van der Waals surface area contributed by atoms with Gasteiger partial charge in [-0.2, -0.15) is 0 Å². The summed E-state index contributed by atoms with van der Waals surface area (Å²) in [5, 5.41) is 2.11. The molecule has 14 heteroatoms. The minimum Gasteiger partial charge on any atom is -0.426 e. The zero-order chi connectivity index (χ0) is 35.1. The summed E-state index contributed by atoms with van der Waals surface area (Å²) in [6.45, 7) is 5.56.